The van der Waals surface area contributed by atoms with Crippen LogP contribution >= 0.6 is 11.8 Å². The van der Waals surface area contributed by atoms with Crippen molar-refractivity contribution in [2.75, 3.05) is 19.0 Å². The molecule has 0 saturated carbocycles. The Bertz CT molecular complexity index is 580. The summed E-state index contributed by atoms with van der Waals surface area (Å²) in [6.07, 6.45) is 1.75. The summed E-state index contributed by atoms with van der Waals surface area (Å²) in [6.45, 7) is 1.17. The molecule has 0 amide bonds. The maximum atomic E-state index is 13.1. The lowest BCUT2D eigenvalue weighted by Crippen LogP contribution is -2.27. The summed E-state index contributed by atoms with van der Waals surface area (Å²) in [5.41, 5.74) is 0.899. The van der Waals surface area contributed by atoms with Gasteiger partial charge in [0.2, 0.25) is 0 Å². The van der Waals surface area contributed by atoms with Gasteiger partial charge in [-0.05, 0) is 36.4 Å². The van der Waals surface area contributed by atoms with E-state index in [2.05, 4.69) is 12.1 Å². The standard InChI is InChI=1S/C18H19FO2S/c19-16-9-7-15(8-10-16)18(20-12-13-21-18)11-4-14-22-17-5-2-1-3-6-17/h1-3,5-10H,4,11-14H2. The SMILES string of the molecule is Fc1ccc(C2(CCCSc3ccccc3)OCCO2)cc1. The highest BCUT2D eigenvalue weighted by molar-refractivity contribution is 7.99. The van der Waals surface area contributed by atoms with Gasteiger partial charge in [0.15, 0.2) is 5.79 Å². The fraction of sp³-hybridized carbons (Fsp3) is 0.333. The predicted molar refractivity (Wildman–Crippen MR) is 86.4 cm³/mol. The van der Waals surface area contributed by atoms with Crippen LogP contribution in [-0.2, 0) is 15.3 Å². The quantitative estimate of drug-likeness (QED) is 0.573. The molecule has 0 bridgehead atoms. The van der Waals surface area contributed by atoms with Crippen LogP contribution in [0.25, 0.3) is 0 Å². The van der Waals surface area contributed by atoms with Crippen molar-refractivity contribution >= 4 is 11.8 Å². The van der Waals surface area contributed by atoms with Crippen molar-refractivity contribution < 1.29 is 13.9 Å². The average molecular weight is 318 g/mol. The Hall–Kier alpha value is -1.36. The van der Waals surface area contributed by atoms with Crippen LogP contribution in [0.4, 0.5) is 4.39 Å². The Morgan fingerprint density at radius 3 is 2.32 bits per heavy atom. The monoisotopic (exact) mass is 318 g/mol. The summed E-state index contributed by atoms with van der Waals surface area (Å²) in [5, 5.41) is 0. The molecular formula is C18H19FO2S. The molecule has 2 nitrogen and oxygen atoms in total. The Morgan fingerprint density at radius 2 is 1.64 bits per heavy atom. The molecule has 1 fully saturated rings. The number of benzene rings is 2. The van der Waals surface area contributed by atoms with E-state index < -0.39 is 5.79 Å². The van der Waals surface area contributed by atoms with Crippen LogP contribution in [-0.4, -0.2) is 19.0 Å². The van der Waals surface area contributed by atoms with Crippen LogP contribution in [0.1, 0.15) is 18.4 Å². The first kappa shape index (κ1) is 15.5. The Kier molecular flexibility index (Phi) is 5.13. The highest BCUT2D eigenvalue weighted by Crippen LogP contribution is 2.36. The molecule has 0 spiro atoms. The van der Waals surface area contributed by atoms with E-state index in [0.717, 1.165) is 24.2 Å². The summed E-state index contributed by atoms with van der Waals surface area (Å²) < 4.78 is 24.8. The van der Waals surface area contributed by atoms with Crippen LogP contribution in [0.2, 0.25) is 0 Å². The maximum absolute atomic E-state index is 13.1. The summed E-state index contributed by atoms with van der Waals surface area (Å²) >= 11 is 1.83. The Morgan fingerprint density at radius 1 is 0.955 bits per heavy atom. The fourth-order valence-electron chi connectivity index (χ4n) is 2.63. The second-order valence-electron chi connectivity index (χ2n) is 5.22. The van der Waals surface area contributed by atoms with Gasteiger partial charge in [-0.2, -0.15) is 0 Å². The van der Waals surface area contributed by atoms with Gasteiger partial charge < -0.3 is 9.47 Å². The number of hydrogen-bond acceptors (Lipinski definition) is 3. The first-order valence-electron chi connectivity index (χ1n) is 7.50. The highest BCUT2D eigenvalue weighted by Gasteiger charge is 2.37. The topological polar surface area (TPSA) is 18.5 Å². The lowest BCUT2D eigenvalue weighted by atomic mass is 10.0. The lowest BCUT2D eigenvalue weighted by molar-refractivity contribution is -0.170. The summed E-state index contributed by atoms with van der Waals surface area (Å²) in [4.78, 5) is 1.27. The first-order valence-corrected chi connectivity index (χ1v) is 8.49. The van der Waals surface area contributed by atoms with Gasteiger partial charge >= 0.3 is 0 Å². The number of thioether (sulfide) groups is 1. The molecule has 2 aromatic rings. The van der Waals surface area contributed by atoms with Crippen LogP contribution in [0.15, 0.2) is 59.5 Å². The average Bonchev–Trinajstić information content (AvgIpc) is 3.03. The van der Waals surface area contributed by atoms with Gasteiger partial charge in [-0.25, -0.2) is 4.39 Å². The summed E-state index contributed by atoms with van der Waals surface area (Å²) in [6, 6.07) is 16.8. The van der Waals surface area contributed by atoms with Crippen LogP contribution in [0.3, 0.4) is 0 Å². The van der Waals surface area contributed by atoms with E-state index in [0.29, 0.717) is 13.2 Å². The number of halogens is 1. The van der Waals surface area contributed by atoms with Gasteiger partial charge in [0.05, 0.1) is 13.2 Å². The highest BCUT2D eigenvalue weighted by atomic mass is 32.2. The second-order valence-corrected chi connectivity index (χ2v) is 6.39. The number of rotatable bonds is 6. The molecule has 1 saturated heterocycles. The molecule has 1 heterocycles. The molecule has 0 aliphatic carbocycles. The van der Waals surface area contributed by atoms with E-state index in [9.17, 15) is 4.39 Å². The van der Waals surface area contributed by atoms with Crippen LogP contribution in [0, 0.1) is 5.82 Å². The van der Waals surface area contributed by atoms with Gasteiger partial charge in [0, 0.05) is 16.9 Å². The smallest absolute Gasteiger partial charge is 0.195 e. The molecule has 0 N–H and O–H groups in total. The van der Waals surface area contributed by atoms with E-state index in [4.69, 9.17) is 9.47 Å². The van der Waals surface area contributed by atoms with Crippen molar-refractivity contribution in [1.82, 2.24) is 0 Å². The number of ether oxygens (including phenoxy) is 2. The predicted octanol–water partition coefficient (Wildman–Crippen LogP) is 4.60. The van der Waals surface area contributed by atoms with E-state index in [-0.39, 0.29) is 5.82 Å². The Balaban J connectivity index is 1.59. The molecule has 22 heavy (non-hydrogen) atoms. The molecule has 0 aromatic heterocycles. The fourth-order valence-corrected chi connectivity index (χ4v) is 3.50. The van der Waals surface area contributed by atoms with Crippen LogP contribution in [0.5, 0.6) is 0 Å². The van der Waals surface area contributed by atoms with Gasteiger partial charge in [-0.15, -0.1) is 11.8 Å². The molecular weight excluding hydrogens is 299 g/mol. The van der Waals surface area contributed by atoms with Gasteiger partial charge in [0.1, 0.15) is 5.82 Å². The third kappa shape index (κ3) is 3.69. The first-order chi connectivity index (χ1) is 10.8. The Labute approximate surface area is 134 Å². The van der Waals surface area contributed by atoms with Gasteiger partial charge in [-0.1, -0.05) is 30.3 Å². The van der Waals surface area contributed by atoms with E-state index in [1.165, 1.54) is 17.0 Å². The molecule has 0 unspecified atom stereocenters. The number of hydrogen-bond donors (Lipinski definition) is 0. The minimum absolute atomic E-state index is 0.239. The van der Waals surface area contributed by atoms with Crippen molar-refractivity contribution in [2.24, 2.45) is 0 Å². The molecule has 3 rings (SSSR count). The van der Waals surface area contributed by atoms with Crippen molar-refractivity contribution in [3.05, 3.63) is 66.0 Å². The van der Waals surface area contributed by atoms with Gasteiger partial charge in [-0.3, -0.25) is 0 Å². The minimum atomic E-state index is -0.703. The molecule has 4 heteroatoms. The third-order valence-electron chi connectivity index (χ3n) is 3.70. The zero-order valence-electron chi connectivity index (χ0n) is 12.3. The lowest BCUT2D eigenvalue weighted by Gasteiger charge is -2.28. The van der Waals surface area contributed by atoms with E-state index >= 15 is 0 Å². The normalized spacial score (nSPS) is 16.8. The maximum Gasteiger partial charge on any atom is 0.195 e. The van der Waals surface area contributed by atoms with E-state index in [1.54, 1.807) is 12.1 Å². The zero-order chi connectivity index (χ0) is 15.3. The largest absolute Gasteiger partial charge is 0.343 e. The molecule has 0 radical (unpaired) electrons. The summed E-state index contributed by atoms with van der Waals surface area (Å²) in [7, 11) is 0. The van der Waals surface area contributed by atoms with E-state index in [1.807, 2.05) is 30.0 Å². The van der Waals surface area contributed by atoms with Gasteiger partial charge in [0.25, 0.3) is 0 Å². The van der Waals surface area contributed by atoms with Crippen LogP contribution < -0.4 is 0 Å². The molecule has 1 aliphatic heterocycles. The minimum Gasteiger partial charge on any atom is -0.343 e. The van der Waals surface area contributed by atoms with Crippen molar-refractivity contribution in [2.45, 2.75) is 23.5 Å². The zero-order valence-corrected chi connectivity index (χ0v) is 13.2. The molecule has 0 atom stereocenters. The van der Waals surface area contributed by atoms with Crippen molar-refractivity contribution in [3.8, 4) is 0 Å². The summed E-state index contributed by atoms with van der Waals surface area (Å²) in [5.74, 6) is 0.0569. The molecule has 116 valence electrons. The molecule has 1 aliphatic rings. The molecule has 2 aromatic carbocycles. The third-order valence-corrected chi connectivity index (χ3v) is 4.80. The van der Waals surface area contributed by atoms with Crippen molar-refractivity contribution in [3.63, 3.8) is 0 Å². The van der Waals surface area contributed by atoms with Crippen molar-refractivity contribution in [1.29, 1.82) is 0 Å². The second kappa shape index (κ2) is 7.27.